The Morgan fingerprint density at radius 2 is 1.94 bits per heavy atom. The molecule has 4 rings (SSSR count). The zero-order valence-corrected chi connectivity index (χ0v) is 21.2. The first kappa shape index (κ1) is 26.6. The lowest BCUT2D eigenvalue weighted by Gasteiger charge is -2.61. The average Bonchev–Trinajstić information content (AvgIpc) is 3.09. The topological polar surface area (TPSA) is 76.5 Å². The number of hydrogen-bond acceptors (Lipinski definition) is 5. The maximum atomic E-state index is 13.5. The van der Waals surface area contributed by atoms with Crippen molar-refractivity contribution in [1.82, 2.24) is 4.98 Å². The van der Waals surface area contributed by atoms with Crippen molar-refractivity contribution < 1.29 is 32.6 Å². The predicted octanol–water partition coefficient (Wildman–Crippen LogP) is 5.79. The van der Waals surface area contributed by atoms with Gasteiger partial charge in [0.1, 0.15) is 11.8 Å². The molecule has 0 aromatic carbocycles. The number of aliphatic hydroxyl groups excluding tert-OH is 1. The van der Waals surface area contributed by atoms with E-state index in [2.05, 4.69) is 25.1 Å². The molecule has 0 amide bonds. The molecule has 8 heteroatoms. The molecule has 5 nitrogen and oxygen atoms in total. The minimum Gasteiger partial charge on any atom is -0.456 e. The smallest absolute Gasteiger partial charge is 0.417 e. The van der Waals surface area contributed by atoms with Crippen molar-refractivity contribution in [1.29, 1.82) is 0 Å². The van der Waals surface area contributed by atoms with Crippen molar-refractivity contribution in [3.8, 4) is 0 Å². The number of pyridine rings is 1. The third-order valence-electron chi connectivity index (χ3n) is 9.82. The molecule has 1 N–H and O–H groups in total. The maximum Gasteiger partial charge on any atom is 0.417 e. The minimum absolute atomic E-state index is 0.0355. The second-order valence-electron chi connectivity index (χ2n) is 11.6. The van der Waals surface area contributed by atoms with Gasteiger partial charge in [-0.1, -0.05) is 40.3 Å². The van der Waals surface area contributed by atoms with Gasteiger partial charge >= 0.3 is 12.1 Å². The van der Waals surface area contributed by atoms with Gasteiger partial charge in [-0.25, -0.2) is 9.78 Å². The van der Waals surface area contributed by atoms with E-state index in [4.69, 9.17) is 4.74 Å². The summed E-state index contributed by atoms with van der Waals surface area (Å²) in [6.45, 7) is 15.9. The summed E-state index contributed by atoms with van der Waals surface area (Å²) in [4.78, 5) is 30.4. The van der Waals surface area contributed by atoms with Gasteiger partial charge in [-0.05, 0) is 54.7 Å². The number of ether oxygens (including phenoxy) is 1. The SMILES string of the molecule is C=C[C@]1(C)C[C@@H](O)[C@]2(C)[C@H](C)CC[C@]3(CC(=C)C(=O)[C@H]32)[C@@H](C)[C@@H]1OC(=O)c1ccc(C(F)(F)F)cn1. The van der Waals surface area contributed by atoms with Crippen LogP contribution < -0.4 is 0 Å². The summed E-state index contributed by atoms with van der Waals surface area (Å²) in [5, 5.41) is 11.6. The number of esters is 1. The number of nitrogens with zero attached hydrogens (tertiary/aromatic N) is 1. The third-order valence-corrected chi connectivity index (χ3v) is 9.82. The average molecular weight is 506 g/mol. The lowest BCUT2D eigenvalue weighted by Crippen LogP contribution is -2.62. The molecular weight excluding hydrogens is 471 g/mol. The van der Waals surface area contributed by atoms with E-state index < -0.39 is 52.1 Å². The van der Waals surface area contributed by atoms with E-state index in [0.717, 1.165) is 18.6 Å². The van der Waals surface area contributed by atoms with Crippen molar-refractivity contribution >= 4 is 11.8 Å². The lowest BCUT2D eigenvalue weighted by molar-refractivity contribution is -0.191. The van der Waals surface area contributed by atoms with Gasteiger partial charge in [-0.2, -0.15) is 13.2 Å². The first-order valence-corrected chi connectivity index (χ1v) is 12.4. The van der Waals surface area contributed by atoms with E-state index in [9.17, 15) is 27.9 Å². The van der Waals surface area contributed by atoms with Crippen molar-refractivity contribution in [2.24, 2.45) is 34.0 Å². The van der Waals surface area contributed by atoms with E-state index in [0.29, 0.717) is 24.6 Å². The molecule has 0 aliphatic heterocycles. The lowest BCUT2D eigenvalue weighted by atomic mass is 9.44. The molecule has 3 aliphatic rings. The number of carbonyl (C=O) groups is 2. The van der Waals surface area contributed by atoms with Crippen LogP contribution in [0.15, 0.2) is 43.1 Å². The summed E-state index contributed by atoms with van der Waals surface area (Å²) in [6.07, 6.45) is -1.76. The van der Waals surface area contributed by atoms with Crippen LogP contribution in [0.5, 0.6) is 0 Å². The predicted molar refractivity (Wildman–Crippen MR) is 128 cm³/mol. The monoisotopic (exact) mass is 505 g/mol. The fourth-order valence-corrected chi connectivity index (χ4v) is 7.36. The van der Waals surface area contributed by atoms with Gasteiger partial charge in [0, 0.05) is 28.9 Å². The van der Waals surface area contributed by atoms with Crippen LogP contribution in [0, 0.1) is 34.0 Å². The van der Waals surface area contributed by atoms with Crippen LogP contribution in [0.1, 0.15) is 69.4 Å². The highest BCUT2D eigenvalue weighted by molar-refractivity contribution is 6.00. The van der Waals surface area contributed by atoms with Crippen molar-refractivity contribution in [3.63, 3.8) is 0 Å². The van der Waals surface area contributed by atoms with Crippen LogP contribution in [-0.4, -0.2) is 34.1 Å². The Bertz CT molecular complexity index is 1100. The van der Waals surface area contributed by atoms with Crippen LogP contribution in [0.25, 0.3) is 0 Å². The Morgan fingerprint density at radius 1 is 1.28 bits per heavy atom. The zero-order chi connectivity index (χ0) is 26.8. The largest absolute Gasteiger partial charge is 0.456 e. The minimum atomic E-state index is -4.57. The number of aliphatic hydroxyl groups is 1. The van der Waals surface area contributed by atoms with E-state index in [-0.39, 0.29) is 29.7 Å². The molecule has 196 valence electrons. The summed E-state index contributed by atoms with van der Waals surface area (Å²) < 4.78 is 44.9. The van der Waals surface area contributed by atoms with Gasteiger partial charge in [-0.15, -0.1) is 6.58 Å². The summed E-state index contributed by atoms with van der Waals surface area (Å²) in [5.74, 6) is -1.58. The van der Waals surface area contributed by atoms with E-state index in [1.54, 1.807) is 6.08 Å². The highest BCUT2D eigenvalue weighted by atomic mass is 19.4. The highest BCUT2D eigenvalue weighted by Gasteiger charge is 2.69. The molecule has 0 spiro atoms. The number of Topliss-reactive ketones (excluding diaryl/α,β-unsaturated/α-hetero) is 1. The quantitative estimate of drug-likeness (QED) is 0.320. The Labute approximate surface area is 209 Å². The number of aromatic nitrogens is 1. The number of rotatable bonds is 3. The Morgan fingerprint density at radius 3 is 2.50 bits per heavy atom. The molecule has 1 aromatic rings. The molecular formula is C28H34F3NO4. The van der Waals surface area contributed by atoms with Crippen molar-refractivity contribution in [3.05, 3.63) is 54.4 Å². The molecule has 2 bridgehead atoms. The Balaban J connectivity index is 1.78. The zero-order valence-electron chi connectivity index (χ0n) is 21.2. The maximum absolute atomic E-state index is 13.5. The first-order chi connectivity index (χ1) is 16.6. The number of hydrogen-bond donors (Lipinski definition) is 1. The van der Waals surface area contributed by atoms with Crippen LogP contribution in [0.4, 0.5) is 13.2 Å². The molecule has 1 heterocycles. The summed E-state index contributed by atoms with van der Waals surface area (Å²) in [5.41, 5.74) is -2.79. The second-order valence-corrected chi connectivity index (χ2v) is 11.6. The molecule has 36 heavy (non-hydrogen) atoms. The second kappa shape index (κ2) is 8.54. The fraction of sp³-hybridized carbons (Fsp3) is 0.607. The van der Waals surface area contributed by atoms with Crippen LogP contribution in [0.2, 0.25) is 0 Å². The molecule has 0 radical (unpaired) electrons. The number of carbonyl (C=O) groups excluding carboxylic acids is 2. The van der Waals surface area contributed by atoms with Gasteiger partial charge in [-0.3, -0.25) is 4.79 Å². The normalized spacial score (nSPS) is 40.7. The van der Waals surface area contributed by atoms with Crippen LogP contribution >= 0.6 is 0 Å². The van der Waals surface area contributed by atoms with Crippen LogP contribution in [-0.2, 0) is 15.7 Å². The fourth-order valence-electron chi connectivity index (χ4n) is 7.36. The molecule has 0 saturated heterocycles. The van der Waals surface area contributed by atoms with Gasteiger partial charge in [0.15, 0.2) is 5.78 Å². The number of alkyl halides is 3. The molecule has 1 aromatic heterocycles. The third kappa shape index (κ3) is 3.75. The van der Waals surface area contributed by atoms with Crippen molar-refractivity contribution in [2.75, 3.05) is 0 Å². The Kier molecular flexibility index (Phi) is 6.30. The highest BCUT2D eigenvalue weighted by Crippen LogP contribution is 2.68. The molecule has 3 saturated carbocycles. The van der Waals surface area contributed by atoms with E-state index in [1.807, 2.05) is 20.8 Å². The molecule has 3 fully saturated rings. The van der Waals surface area contributed by atoms with Gasteiger partial charge < -0.3 is 9.84 Å². The number of ketones is 1. The molecule has 0 unspecified atom stereocenters. The molecule has 8 atom stereocenters. The van der Waals surface area contributed by atoms with Gasteiger partial charge in [0.05, 0.1) is 11.7 Å². The van der Waals surface area contributed by atoms with Crippen molar-refractivity contribution in [2.45, 2.75) is 71.8 Å². The van der Waals surface area contributed by atoms with Crippen LogP contribution in [0.3, 0.4) is 0 Å². The molecule has 3 aliphatic carbocycles. The van der Waals surface area contributed by atoms with Gasteiger partial charge in [0.25, 0.3) is 0 Å². The summed E-state index contributed by atoms with van der Waals surface area (Å²) in [6, 6.07) is 1.80. The first-order valence-electron chi connectivity index (χ1n) is 12.4. The standard InChI is InChI=1S/C28H34F3NO4/c1-7-25(5)13-20(33)26(6)16(3)10-11-27(12-15(2)21(34)22(26)27)17(4)23(25)36-24(35)19-9-8-18(14-32-19)28(29,30)31/h7-9,14,16-17,20,22-23,33H,1-2,10-13H2,3-6H3/t16-,17+,20-,22+,23+,25-,26+,27+/m1/s1. The van der Waals surface area contributed by atoms with Gasteiger partial charge in [0.2, 0.25) is 0 Å². The summed E-state index contributed by atoms with van der Waals surface area (Å²) >= 11 is 0. The Hall–Kier alpha value is -2.48. The number of allylic oxidation sites excluding steroid dienone is 1. The van der Waals surface area contributed by atoms with E-state index >= 15 is 0 Å². The van der Waals surface area contributed by atoms with E-state index in [1.165, 1.54) is 0 Å². The number of halogens is 3. The summed E-state index contributed by atoms with van der Waals surface area (Å²) in [7, 11) is 0.